The van der Waals surface area contributed by atoms with Crippen LogP contribution >= 0.6 is 39.9 Å². The van der Waals surface area contributed by atoms with Crippen molar-refractivity contribution in [2.24, 2.45) is 10.9 Å². The first kappa shape index (κ1) is 24.1. The van der Waals surface area contributed by atoms with Crippen molar-refractivity contribution in [3.05, 3.63) is 34.1 Å². The van der Waals surface area contributed by atoms with Gasteiger partial charge >= 0.3 is 0 Å². The molecule has 1 fully saturated rings. The van der Waals surface area contributed by atoms with E-state index >= 15 is 0 Å². The number of hydrogen-bond acceptors (Lipinski definition) is 2. The van der Waals surface area contributed by atoms with Crippen LogP contribution in [0.15, 0.2) is 27.7 Å². The molecule has 1 aliphatic rings. The largest absolute Gasteiger partial charge is 0.359 e. The number of amides is 1. The van der Waals surface area contributed by atoms with E-state index < -0.39 is 0 Å². The molecule has 1 aliphatic heterocycles. The molecule has 152 valence electrons. The van der Waals surface area contributed by atoms with Crippen molar-refractivity contribution in [1.29, 1.82) is 0 Å². The summed E-state index contributed by atoms with van der Waals surface area (Å²) in [6, 6.07) is 5.08. The quantitative estimate of drug-likeness (QED) is 0.321. The van der Waals surface area contributed by atoms with Crippen LogP contribution in [0.5, 0.6) is 0 Å². The van der Waals surface area contributed by atoms with Gasteiger partial charge in [0.05, 0.1) is 4.47 Å². The highest BCUT2D eigenvalue weighted by atomic mass is 127. The number of likely N-dealkylation sites (tertiary alicyclic amines) is 1. The summed E-state index contributed by atoms with van der Waals surface area (Å²) in [5, 5.41) is 6.06. The van der Waals surface area contributed by atoms with Gasteiger partial charge in [0, 0.05) is 39.6 Å². The van der Waals surface area contributed by atoms with Crippen LogP contribution in [0.3, 0.4) is 0 Å². The highest BCUT2D eigenvalue weighted by Gasteiger charge is 2.22. The fourth-order valence-corrected chi connectivity index (χ4v) is 3.55. The number of piperidine rings is 1. The molecule has 0 aromatic heterocycles. The zero-order chi connectivity index (χ0) is 18.9. The van der Waals surface area contributed by atoms with Gasteiger partial charge in [-0.3, -0.25) is 9.79 Å². The summed E-state index contributed by atoms with van der Waals surface area (Å²) in [7, 11) is 1.69. The zero-order valence-electron chi connectivity index (χ0n) is 15.9. The van der Waals surface area contributed by atoms with Crippen molar-refractivity contribution in [2.45, 2.75) is 32.6 Å². The maximum Gasteiger partial charge on any atom is 0.220 e. The van der Waals surface area contributed by atoms with Crippen molar-refractivity contribution in [2.75, 3.05) is 33.2 Å². The van der Waals surface area contributed by atoms with Gasteiger partial charge in [0.2, 0.25) is 5.91 Å². The van der Waals surface area contributed by atoms with Gasteiger partial charge < -0.3 is 15.5 Å². The number of carbonyl (C=O) groups excluding carboxylic acids is 1. The molecule has 1 amide bonds. The average Bonchev–Trinajstić information content (AvgIpc) is 2.64. The summed E-state index contributed by atoms with van der Waals surface area (Å²) < 4.78 is 13.8. The maximum absolute atomic E-state index is 13.3. The Kier molecular flexibility index (Phi) is 11.2. The number of hydrogen-bond donors (Lipinski definition) is 2. The molecule has 1 heterocycles. The second kappa shape index (κ2) is 12.5. The van der Waals surface area contributed by atoms with Crippen LogP contribution in [0.4, 0.5) is 4.39 Å². The van der Waals surface area contributed by atoms with Gasteiger partial charge in [0.25, 0.3) is 0 Å². The van der Waals surface area contributed by atoms with Crippen molar-refractivity contribution >= 4 is 51.8 Å². The van der Waals surface area contributed by atoms with Crippen molar-refractivity contribution in [3.8, 4) is 0 Å². The second-order valence-electron chi connectivity index (χ2n) is 6.54. The summed E-state index contributed by atoms with van der Waals surface area (Å²) in [5.41, 5.74) is 1.06. The number of nitrogens with one attached hydrogen (secondary N) is 2. The summed E-state index contributed by atoms with van der Waals surface area (Å²) in [4.78, 5) is 18.5. The van der Waals surface area contributed by atoms with Gasteiger partial charge in [-0.1, -0.05) is 6.07 Å². The summed E-state index contributed by atoms with van der Waals surface area (Å²) in [6.07, 6.45) is 3.38. The van der Waals surface area contributed by atoms with Crippen LogP contribution in [-0.4, -0.2) is 50.0 Å². The van der Waals surface area contributed by atoms with E-state index in [1.165, 1.54) is 6.07 Å². The molecule has 0 atom stereocenters. The highest BCUT2D eigenvalue weighted by Crippen LogP contribution is 2.21. The van der Waals surface area contributed by atoms with E-state index in [1.807, 2.05) is 6.07 Å². The Bertz CT molecular complexity index is 636. The Labute approximate surface area is 186 Å². The molecule has 0 spiro atoms. The molecule has 1 saturated heterocycles. The lowest BCUT2D eigenvalue weighted by Crippen LogP contribution is -2.46. The fourth-order valence-electron chi connectivity index (χ4n) is 3.13. The molecule has 0 unspecified atom stereocenters. The van der Waals surface area contributed by atoms with E-state index in [0.29, 0.717) is 23.4 Å². The number of aliphatic imine (C=N–C) groups is 1. The van der Waals surface area contributed by atoms with E-state index in [0.717, 1.165) is 50.4 Å². The number of halogens is 3. The molecule has 0 radical (unpaired) electrons. The lowest BCUT2D eigenvalue weighted by Gasteiger charge is -2.34. The molecule has 0 bridgehead atoms. The summed E-state index contributed by atoms with van der Waals surface area (Å²) in [6.45, 7) is 5.35. The molecular weight excluding hydrogens is 526 g/mol. The molecule has 1 aromatic rings. The first-order valence-electron chi connectivity index (χ1n) is 9.21. The van der Waals surface area contributed by atoms with E-state index in [-0.39, 0.29) is 35.7 Å². The minimum Gasteiger partial charge on any atom is -0.359 e. The average molecular weight is 555 g/mol. The monoisotopic (exact) mass is 554 g/mol. The molecule has 2 N–H and O–H groups in total. The molecule has 0 saturated carbocycles. The number of benzene rings is 1. The Morgan fingerprint density at radius 1 is 1.37 bits per heavy atom. The lowest BCUT2D eigenvalue weighted by molar-refractivity contribution is -0.121. The second-order valence-corrected chi connectivity index (χ2v) is 7.40. The zero-order valence-corrected chi connectivity index (χ0v) is 19.8. The van der Waals surface area contributed by atoms with Gasteiger partial charge in [-0.15, -0.1) is 24.0 Å². The molecule has 5 nitrogen and oxygen atoms in total. The van der Waals surface area contributed by atoms with Crippen molar-refractivity contribution in [1.82, 2.24) is 15.5 Å². The Morgan fingerprint density at radius 3 is 2.67 bits per heavy atom. The van der Waals surface area contributed by atoms with E-state index in [4.69, 9.17) is 4.99 Å². The van der Waals surface area contributed by atoms with E-state index in [2.05, 4.69) is 38.4 Å². The van der Waals surface area contributed by atoms with E-state index in [9.17, 15) is 9.18 Å². The Morgan fingerprint density at radius 2 is 2.07 bits per heavy atom. The standard InChI is InChI=1S/C19H28BrFN4O.HI/c1-3-23-19(24-9-6-14-4-5-17(21)16(20)12-14)25-10-7-15(8-11-25)13-18(26)22-2;/h4-5,12,15H,3,6-11,13H2,1-2H3,(H,22,26)(H,23,24);1H. The smallest absolute Gasteiger partial charge is 0.220 e. The van der Waals surface area contributed by atoms with Crippen molar-refractivity contribution < 1.29 is 9.18 Å². The van der Waals surface area contributed by atoms with Crippen LogP contribution in [0.25, 0.3) is 0 Å². The third-order valence-corrected chi connectivity index (χ3v) is 5.26. The van der Waals surface area contributed by atoms with Gasteiger partial charge in [-0.2, -0.15) is 0 Å². The van der Waals surface area contributed by atoms with Crippen molar-refractivity contribution in [3.63, 3.8) is 0 Å². The summed E-state index contributed by atoms with van der Waals surface area (Å²) in [5.74, 6) is 1.25. The molecule has 27 heavy (non-hydrogen) atoms. The van der Waals surface area contributed by atoms with Gasteiger partial charge in [0.1, 0.15) is 5.82 Å². The first-order chi connectivity index (χ1) is 12.5. The lowest BCUT2D eigenvalue weighted by atomic mass is 9.93. The fraction of sp³-hybridized carbons (Fsp3) is 0.579. The highest BCUT2D eigenvalue weighted by molar-refractivity contribution is 14.0. The van der Waals surface area contributed by atoms with Crippen LogP contribution in [0.2, 0.25) is 0 Å². The Hall–Kier alpha value is -0.900. The molecule has 1 aromatic carbocycles. The third-order valence-electron chi connectivity index (χ3n) is 4.65. The number of guanidine groups is 1. The minimum absolute atomic E-state index is 0. The SMILES string of the molecule is CCNC(=NCCc1ccc(F)c(Br)c1)N1CCC(CC(=O)NC)CC1.I. The minimum atomic E-state index is -0.245. The first-order valence-corrected chi connectivity index (χ1v) is 10.0. The maximum atomic E-state index is 13.3. The number of nitrogens with zero attached hydrogens (tertiary/aromatic N) is 2. The molecular formula is C19H29BrFIN4O. The van der Waals surface area contributed by atoms with Gasteiger partial charge in [-0.05, 0) is 65.7 Å². The van der Waals surface area contributed by atoms with Crippen LogP contribution < -0.4 is 10.6 Å². The topological polar surface area (TPSA) is 56.7 Å². The van der Waals surface area contributed by atoms with Crippen LogP contribution in [0.1, 0.15) is 31.7 Å². The molecule has 0 aliphatic carbocycles. The van der Waals surface area contributed by atoms with Gasteiger partial charge in [0.15, 0.2) is 5.96 Å². The Balaban J connectivity index is 0.00000364. The predicted molar refractivity (Wildman–Crippen MR) is 122 cm³/mol. The molecule has 8 heteroatoms. The van der Waals surface area contributed by atoms with Gasteiger partial charge in [-0.25, -0.2) is 4.39 Å². The van der Waals surface area contributed by atoms with E-state index in [1.54, 1.807) is 13.1 Å². The van der Waals surface area contributed by atoms with Crippen LogP contribution in [-0.2, 0) is 11.2 Å². The number of rotatable bonds is 6. The third kappa shape index (κ3) is 7.93. The number of carbonyl (C=O) groups is 1. The molecule has 2 rings (SSSR count). The predicted octanol–water partition coefficient (Wildman–Crippen LogP) is 3.56. The van der Waals surface area contributed by atoms with Crippen LogP contribution in [0, 0.1) is 11.7 Å². The summed E-state index contributed by atoms with van der Waals surface area (Å²) >= 11 is 3.22. The normalized spacial score (nSPS) is 15.3.